The number of rotatable bonds is 17. The van der Waals surface area contributed by atoms with Crippen molar-refractivity contribution in [2.75, 3.05) is 31.7 Å². The van der Waals surface area contributed by atoms with E-state index in [4.69, 9.17) is 27.3 Å². The molecule has 0 bridgehead atoms. The summed E-state index contributed by atoms with van der Waals surface area (Å²) in [5.41, 5.74) is -1.55. The third-order valence-electron chi connectivity index (χ3n) is 9.10. The first-order valence-electron chi connectivity index (χ1n) is 16.4. The highest BCUT2D eigenvalue weighted by Gasteiger charge is 2.55. The highest BCUT2D eigenvalue weighted by molar-refractivity contribution is 7.48. The van der Waals surface area contributed by atoms with Gasteiger partial charge in [0.2, 0.25) is 5.95 Å². The number of fused-ring (bicyclic) bond motifs is 1. The third kappa shape index (κ3) is 9.66. The quantitative estimate of drug-likeness (QED) is 0.0983. The van der Waals surface area contributed by atoms with Crippen LogP contribution in [0.5, 0.6) is 0 Å². The first-order valence-corrected chi connectivity index (χ1v) is 22.1. The molecule has 2 aliphatic rings. The molecule has 49 heavy (non-hydrogen) atoms. The Bertz CT molecular complexity index is 1600. The Balaban J connectivity index is 1.79. The Kier molecular flexibility index (Phi) is 13.1. The second kappa shape index (κ2) is 16.1. The zero-order valence-electron chi connectivity index (χ0n) is 29.1. The van der Waals surface area contributed by atoms with Crippen molar-refractivity contribution in [2.45, 2.75) is 115 Å². The summed E-state index contributed by atoms with van der Waals surface area (Å²) in [5, 5.41) is 22.5. The molecule has 2 aromatic heterocycles. The molecule has 0 amide bonds. The number of H-pyrrole nitrogens is 1. The van der Waals surface area contributed by atoms with E-state index in [-0.39, 0.29) is 47.7 Å². The van der Waals surface area contributed by atoms with Crippen LogP contribution in [0.1, 0.15) is 73.0 Å². The van der Waals surface area contributed by atoms with Crippen molar-refractivity contribution in [1.82, 2.24) is 19.5 Å². The molecule has 1 saturated heterocycles. The van der Waals surface area contributed by atoms with Gasteiger partial charge < -0.3 is 29.0 Å². The molecule has 2 aromatic rings. The molecule has 2 fully saturated rings. The fraction of sp³-hybridized carbons (Fsp3) is 0.793. The number of aromatic amines is 1. The Labute approximate surface area is 287 Å². The van der Waals surface area contributed by atoms with Crippen LogP contribution in [0.4, 0.5) is 5.95 Å². The van der Waals surface area contributed by atoms with Crippen molar-refractivity contribution in [3.05, 3.63) is 16.7 Å². The van der Waals surface area contributed by atoms with Crippen LogP contribution in [0.15, 0.2) is 11.1 Å². The van der Waals surface area contributed by atoms with E-state index in [1.807, 2.05) is 53.8 Å². The molecule has 0 aromatic carbocycles. The van der Waals surface area contributed by atoms with Crippen molar-refractivity contribution in [2.24, 2.45) is 5.92 Å². The Hall–Kier alpha value is -2.00. The first-order chi connectivity index (χ1) is 22.9. The molecule has 1 aliphatic heterocycles. The summed E-state index contributed by atoms with van der Waals surface area (Å²) in [4.78, 5) is 34.2. The molecule has 276 valence electrons. The lowest BCUT2D eigenvalue weighted by molar-refractivity contribution is -0.0554. The SMILES string of the molecule is CC(C)CNc1nc2c(ncn2[C@@H]2O[C@H](CO)[C@H](O[Si](C)(C)C(C)(C)C)[C@H]2OP(=O)(OCCC#N)OCC2(O[PH](=O)O)CCCC2)c(=O)[nH]1. The molecular formula is C29H50N6O11P2Si. The minimum atomic E-state index is -4.62. The topological polar surface area (TPSA) is 229 Å². The number of aliphatic hydroxyl groups is 1. The van der Waals surface area contributed by atoms with Crippen LogP contribution in [-0.4, -0.2) is 88.1 Å². The minimum Gasteiger partial charge on any atom is -0.408 e. The average molecular weight is 749 g/mol. The molecule has 0 radical (unpaired) electrons. The summed E-state index contributed by atoms with van der Waals surface area (Å²) in [6.45, 7) is 13.4. The molecule has 17 nitrogen and oxygen atoms in total. The monoisotopic (exact) mass is 748 g/mol. The summed E-state index contributed by atoms with van der Waals surface area (Å²) in [5.74, 6) is 0.457. The van der Waals surface area contributed by atoms with Crippen molar-refractivity contribution in [1.29, 1.82) is 5.26 Å². The molecule has 20 heteroatoms. The van der Waals surface area contributed by atoms with Gasteiger partial charge >= 0.3 is 16.1 Å². The summed E-state index contributed by atoms with van der Waals surface area (Å²) >= 11 is 0. The number of nitrogens with zero attached hydrogens (tertiary/aromatic N) is 4. The number of phosphoric ester groups is 1. The standard InChI is InChI=1S/C29H50N6O11P2Si/c1-19(2)15-31-27-33-24-21(25(37)34-27)32-18-35(24)26-23(22(20(16-36)43-26)45-49(6,7)28(3,4)5)44-48(40,41-14-10-13-30)42-17-29(46-47(38)39)11-8-9-12-29/h18-20,22-23,26,36,47H,8-12,14-17H2,1-7H3,(H,38,39)(H2,31,33,34,37)/t20-,22+,23-,26-,48?/m1/s1. The van der Waals surface area contributed by atoms with Gasteiger partial charge in [-0.1, -0.05) is 47.5 Å². The first kappa shape index (κ1) is 39.8. The minimum absolute atomic E-state index is 0.0102. The molecule has 6 atom stereocenters. The zero-order valence-corrected chi connectivity index (χ0v) is 32.0. The van der Waals surface area contributed by atoms with Crippen LogP contribution >= 0.6 is 16.1 Å². The van der Waals surface area contributed by atoms with Crippen LogP contribution in [0.2, 0.25) is 18.1 Å². The number of imidazole rings is 1. The molecule has 0 spiro atoms. The lowest BCUT2D eigenvalue weighted by atomic mass is 10.1. The van der Waals surface area contributed by atoms with Gasteiger partial charge in [0.25, 0.3) is 5.56 Å². The number of aromatic nitrogens is 4. The van der Waals surface area contributed by atoms with Gasteiger partial charge in [-0.15, -0.1) is 0 Å². The fourth-order valence-corrected chi connectivity index (χ4v) is 8.85. The van der Waals surface area contributed by atoms with Gasteiger partial charge in [-0.05, 0) is 36.9 Å². The van der Waals surface area contributed by atoms with E-state index in [9.17, 15) is 29.2 Å². The second-order valence-corrected chi connectivity index (χ2v) is 21.5. The number of phosphoric acid groups is 1. The fourth-order valence-electron chi connectivity index (χ4n) is 5.47. The van der Waals surface area contributed by atoms with Gasteiger partial charge in [-0.2, -0.15) is 10.2 Å². The number of hydrogen-bond donors (Lipinski definition) is 4. The van der Waals surface area contributed by atoms with Gasteiger partial charge in [0.1, 0.15) is 23.9 Å². The largest absolute Gasteiger partial charge is 0.475 e. The highest BCUT2D eigenvalue weighted by Crippen LogP contribution is 2.56. The molecule has 4 rings (SSSR count). The van der Waals surface area contributed by atoms with Crippen LogP contribution in [0.25, 0.3) is 11.2 Å². The average Bonchev–Trinajstić information content (AvgIpc) is 3.72. The molecule has 1 saturated carbocycles. The van der Waals surface area contributed by atoms with Crippen LogP contribution in [0, 0.1) is 17.2 Å². The smallest absolute Gasteiger partial charge is 0.408 e. The van der Waals surface area contributed by atoms with E-state index >= 15 is 0 Å². The van der Waals surface area contributed by atoms with Crippen LogP contribution in [-0.2, 0) is 36.4 Å². The number of anilines is 1. The van der Waals surface area contributed by atoms with E-state index in [2.05, 4.69) is 20.3 Å². The number of aliphatic hydroxyl groups excluding tert-OH is 1. The number of hydrogen-bond acceptors (Lipinski definition) is 14. The molecular weight excluding hydrogens is 698 g/mol. The van der Waals surface area contributed by atoms with Crippen molar-refractivity contribution >= 4 is 41.5 Å². The predicted molar refractivity (Wildman–Crippen MR) is 183 cm³/mol. The van der Waals surface area contributed by atoms with Gasteiger partial charge in [0.05, 0.1) is 38.6 Å². The van der Waals surface area contributed by atoms with Gasteiger partial charge in [0, 0.05) is 6.54 Å². The van der Waals surface area contributed by atoms with Crippen LogP contribution in [0.3, 0.4) is 0 Å². The van der Waals surface area contributed by atoms with Crippen molar-refractivity contribution in [3.8, 4) is 6.07 Å². The lowest BCUT2D eigenvalue weighted by Crippen LogP contribution is -2.50. The van der Waals surface area contributed by atoms with Gasteiger partial charge in [-0.25, -0.2) is 9.55 Å². The lowest BCUT2D eigenvalue weighted by Gasteiger charge is -2.40. The molecule has 4 N–H and O–H groups in total. The van der Waals surface area contributed by atoms with E-state index in [1.165, 1.54) is 10.9 Å². The number of ether oxygens (including phenoxy) is 1. The second-order valence-electron chi connectivity index (χ2n) is 14.4. The van der Waals surface area contributed by atoms with E-state index in [1.54, 1.807) is 0 Å². The zero-order chi connectivity index (χ0) is 36.2. The predicted octanol–water partition coefficient (Wildman–Crippen LogP) is 4.62. The van der Waals surface area contributed by atoms with Crippen LogP contribution < -0.4 is 10.9 Å². The van der Waals surface area contributed by atoms with E-state index < -0.39 is 66.7 Å². The molecule has 1 aliphatic carbocycles. The molecule has 2 unspecified atom stereocenters. The van der Waals surface area contributed by atoms with Crippen molar-refractivity contribution < 1.29 is 46.4 Å². The summed E-state index contributed by atoms with van der Waals surface area (Å²) in [6, 6.07) is 1.93. The van der Waals surface area contributed by atoms with Gasteiger partial charge in [0.15, 0.2) is 25.7 Å². The summed E-state index contributed by atoms with van der Waals surface area (Å²) in [6.07, 6.45) is -1.13. The maximum absolute atomic E-state index is 14.5. The van der Waals surface area contributed by atoms with E-state index in [0.29, 0.717) is 32.2 Å². The van der Waals surface area contributed by atoms with E-state index in [0.717, 1.165) is 0 Å². The van der Waals surface area contributed by atoms with Gasteiger partial charge in [-0.3, -0.25) is 32.5 Å². The summed E-state index contributed by atoms with van der Waals surface area (Å²) < 4.78 is 64.0. The normalized spacial score (nSPS) is 24.7. The Morgan fingerprint density at radius 1 is 1.29 bits per heavy atom. The molecule has 3 heterocycles. The number of nitriles is 1. The maximum Gasteiger partial charge on any atom is 0.475 e. The third-order valence-corrected chi connectivity index (χ3v) is 15.6. The number of nitrogens with one attached hydrogen (secondary N) is 2. The van der Waals surface area contributed by atoms with Crippen molar-refractivity contribution in [3.63, 3.8) is 0 Å². The maximum atomic E-state index is 14.5. The Morgan fingerprint density at radius 2 is 1.98 bits per heavy atom. The Morgan fingerprint density at radius 3 is 2.57 bits per heavy atom. The highest BCUT2D eigenvalue weighted by atomic mass is 31.2. The summed E-state index contributed by atoms with van der Waals surface area (Å²) in [7, 11) is -10.6.